The van der Waals surface area contributed by atoms with Gasteiger partial charge in [0.05, 0.1) is 22.4 Å². The van der Waals surface area contributed by atoms with Gasteiger partial charge in [0, 0.05) is 33.0 Å². The van der Waals surface area contributed by atoms with E-state index in [4.69, 9.17) is 9.47 Å². The van der Waals surface area contributed by atoms with E-state index in [1.54, 1.807) is 26.1 Å². The highest BCUT2D eigenvalue weighted by Crippen LogP contribution is 2.31. The number of ether oxygens (including phenoxy) is 2. The first-order chi connectivity index (χ1) is 22.9. The lowest BCUT2D eigenvalue weighted by atomic mass is 9.95. The molecule has 1 heterocycles. The van der Waals surface area contributed by atoms with Crippen molar-refractivity contribution in [1.82, 2.24) is 9.88 Å². The first-order valence-electron chi connectivity index (χ1n) is 15.7. The number of nitrogens with zero attached hydrogens (tertiary/aromatic N) is 1. The van der Waals surface area contributed by atoms with Gasteiger partial charge in [0.15, 0.2) is 5.76 Å². The van der Waals surface area contributed by atoms with Crippen molar-refractivity contribution in [2.45, 2.75) is 83.6 Å². The Balaban J connectivity index is 1.75. The summed E-state index contributed by atoms with van der Waals surface area (Å²) in [6, 6.07) is 13.1. The highest BCUT2D eigenvalue weighted by molar-refractivity contribution is 5.77. The maximum atomic E-state index is 13.0. The van der Waals surface area contributed by atoms with Crippen molar-refractivity contribution in [2.75, 3.05) is 6.61 Å². The molecule has 0 aliphatic heterocycles. The molecular weight excluding hydrogens is 654 g/mol. The van der Waals surface area contributed by atoms with Gasteiger partial charge in [-0.2, -0.15) is 26.3 Å². The minimum atomic E-state index is -4.45. The van der Waals surface area contributed by atoms with Gasteiger partial charge >= 0.3 is 24.3 Å². The number of rotatable bonds is 15. The number of benzene rings is 2. The molecule has 266 valence electrons. The fourth-order valence-electron chi connectivity index (χ4n) is 5.21. The fraction of sp³-hybridized carbons (Fsp3) is 0.417. The summed E-state index contributed by atoms with van der Waals surface area (Å²) >= 11 is 0. The molecule has 0 aliphatic rings. The van der Waals surface area contributed by atoms with Gasteiger partial charge in [0.25, 0.3) is 0 Å². The van der Waals surface area contributed by atoms with Crippen LogP contribution in [0.5, 0.6) is 0 Å². The number of aryl methyl sites for hydroxylation is 3. The molecule has 0 spiro atoms. The molecule has 1 amide bonds. The normalized spacial score (nSPS) is 13.5. The van der Waals surface area contributed by atoms with Gasteiger partial charge in [-0.05, 0) is 99.0 Å². The quantitative estimate of drug-likeness (QED) is 0.0991. The minimum Gasteiger partial charge on any atom is -0.463 e. The number of halogens is 6. The van der Waals surface area contributed by atoms with E-state index in [9.17, 15) is 40.7 Å². The summed E-state index contributed by atoms with van der Waals surface area (Å²) in [5.74, 6) is -1.09. The summed E-state index contributed by atoms with van der Waals surface area (Å²) in [6.07, 6.45) is -4.96. The average molecular weight is 695 g/mol. The molecule has 1 atom stereocenters. The van der Waals surface area contributed by atoms with Crippen molar-refractivity contribution >= 4 is 23.6 Å². The number of carbonyl (C=O) groups excluding carboxylic acids is 3. The molecule has 1 aromatic heterocycles. The van der Waals surface area contributed by atoms with Gasteiger partial charge in [0.1, 0.15) is 6.61 Å². The smallest absolute Gasteiger partial charge is 0.416 e. The van der Waals surface area contributed by atoms with Gasteiger partial charge < -0.3 is 19.4 Å². The Labute approximate surface area is 281 Å². The molecule has 0 fully saturated rings. The van der Waals surface area contributed by atoms with Gasteiger partial charge in [-0.25, -0.2) is 0 Å². The maximum Gasteiger partial charge on any atom is 0.416 e. The van der Waals surface area contributed by atoms with E-state index in [0.29, 0.717) is 55.3 Å². The molecular formula is C36H40F6N2O5. The van der Waals surface area contributed by atoms with Gasteiger partial charge in [-0.3, -0.25) is 14.4 Å². The number of alkyl halides is 6. The molecule has 0 saturated heterocycles. The monoisotopic (exact) mass is 694 g/mol. The fourth-order valence-corrected chi connectivity index (χ4v) is 5.21. The average Bonchev–Trinajstić information content (AvgIpc) is 3.37. The van der Waals surface area contributed by atoms with Crippen LogP contribution in [0.4, 0.5) is 26.3 Å². The van der Waals surface area contributed by atoms with Crippen LogP contribution in [0, 0.1) is 0 Å². The van der Waals surface area contributed by atoms with Crippen molar-refractivity contribution in [3.8, 4) is 0 Å². The van der Waals surface area contributed by atoms with Gasteiger partial charge in [0.2, 0.25) is 5.91 Å². The second-order valence-corrected chi connectivity index (χ2v) is 12.1. The molecule has 0 bridgehead atoms. The second-order valence-electron chi connectivity index (χ2n) is 12.1. The van der Waals surface area contributed by atoms with E-state index in [1.165, 1.54) is 38.1 Å². The van der Waals surface area contributed by atoms with Crippen LogP contribution in [0.15, 0.2) is 66.7 Å². The van der Waals surface area contributed by atoms with E-state index < -0.39 is 41.0 Å². The Morgan fingerprint density at radius 3 is 1.86 bits per heavy atom. The predicted molar refractivity (Wildman–Crippen MR) is 171 cm³/mol. The van der Waals surface area contributed by atoms with Crippen LogP contribution in [-0.2, 0) is 62.5 Å². The van der Waals surface area contributed by atoms with Crippen molar-refractivity contribution < 1.29 is 50.2 Å². The topological polar surface area (TPSA) is 86.6 Å². The van der Waals surface area contributed by atoms with Crippen LogP contribution in [0.25, 0.3) is 5.76 Å². The summed E-state index contributed by atoms with van der Waals surface area (Å²) < 4.78 is 90.3. The number of hydrogen-bond acceptors (Lipinski definition) is 5. The first-order valence-corrected chi connectivity index (χ1v) is 15.7. The van der Waals surface area contributed by atoms with E-state index in [1.807, 2.05) is 10.6 Å². The number of allylic oxidation sites excluding steroid dienone is 1. The summed E-state index contributed by atoms with van der Waals surface area (Å²) in [6.45, 7) is 4.38. The Bertz CT molecular complexity index is 1610. The number of amides is 1. The first kappa shape index (κ1) is 38.9. The predicted octanol–water partition coefficient (Wildman–Crippen LogP) is 7.99. The number of nitrogens with one attached hydrogen (secondary N) is 1. The van der Waals surface area contributed by atoms with Crippen LogP contribution < -0.4 is 5.32 Å². The Morgan fingerprint density at radius 2 is 1.35 bits per heavy atom. The van der Waals surface area contributed by atoms with Crippen LogP contribution in [0.2, 0.25) is 0 Å². The number of hydrogen-bond donors (Lipinski definition) is 1. The van der Waals surface area contributed by atoms with Crippen molar-refractivity contribution in [3.63, 3.8) is 0 Å². The Hall–Kier alpha value is -4.55. The highest BCUT2D eigenvalue weighted by Gasteiger charge is 2.31. The van der Waals surface area contributed by atoms with E-state index in [-0.39, 0.29) is 24.7 Å². The van der Waals surface area contributed by atoms with Gasteiger partial charge in [-0.1, -0.05) is 24.3 Å². The molecule has 2 aromatic carbocycles. The van der Waals surface area contributed by atoms with Crippen LogP contribution >= 0.6 is 0 Å². The van der Waals surface area contributed by atoms with Crippen LogP contribution in [-0.4, -0.2) is 34.6 Å². The summed E-state index contributed by atoms with van der Waals surface area (Å²) in [5, 5.41) is 2.83. The van der Waals surface area contributed by atoms with E-state index in [0.717, 1.165) is 30.0 Å². The SMILES string of the molecule is CC(=O)N[C@](C)(CCc1ccc(/C(=C/CCc2ccc(C(F)(F)F)cc2)OC(=O)CCCc2ccc(C(F)(F)F)cc2)n1C)COC(C)=O. The number of carbonyl (C=O) groups is 3. The highest BCUT2D eigenvalue weighted by atomic mass is 19.4. The molecule has 7 nitrogen and oxygen atoms in total. The van der Waals surface area contributed by atoms with Crippen LogP contribution in [0.3, 0.4) is 0 Å². The van der Waals surface area contributed by atoms with Crippen molar-refractivity contribution in [2.24, 2.45) is 7.05 Å². The zero-order valence-corrected chi connectivity index (χ0v) is 27.8. The van der Waals surface area contributed by atoms with Crippen molar-refractivity contribution in [3.05, 3.63) is 100 Å². The lowest BCUT2D eigenvalue weighted by Gasteiger charge is -2.30. The standard InChI is InChI=1S/C36H40F6N2O5/c1-24(45)43-34(3,23-48-25(2)46)22-21-30-19-20-31(44(30)4)32(9-5-7-26-11-15-28(16-12-26)35(37,38)39)49-33(47)10-6-8-27-13-17-29(18-14-27)36(40,41)42/h9,11-20H,5-8,10,21-23H2,1-4H3,(H,43,45)/b32-9-/t34-/m1/s1. The molecule has 13 heteroatoms. The molecule has 1 N–H and O–H groups in total. The lowest BCUT2D eigenvalue weighted by molar-refractivity contribution is -0.144. The molecule has 3 aromatic rings. The van der Waals surface area contributed by atoms with Gasteiger partial charge in [-0.15, -0.1) is 0 Å². The second kappa shape index (κ2) is 16.7. The molecule has 49 heavy (non-hydrogen) atoms. The number of aromatic nitrogens is 1. The summed E-state index contributed by atoms with van der Waals surface area (Å²) in [4.78, 5) is 36.2. The number of esters is 2. The third kappa shape index (κ3) is 12.4. The molecule has 0 aliphatic carbocycles. The third-order valence-corrected chi connectivity index (χ3v) is 7.88. The Morgan fingerprint density at radius 1 is 0.796 bits per heavy atom. The van der Waals surface area contributed by atoms with Crippen LogP contribution in [0.1, 0.15) is 80.1 Å². The third-order valence-electron chi connectivity index (χ3n) is 7.88. The largest absolute Gasteiger partial charge is 0.463 e. The summed E-state index contributed by atoms with van der Waals surface area (Å²) in [7, 11) is 1.77. The Kier molecular flexibility index (Phi) is 13.3. The van der Waals surface area contributed by atoms with E-state index in [2.05, 4.69) is 5.32 Å². The summed E-state index contributed by atoms with van der Waals surface area (Å²) in [5.41, 5.74) is 0.316. The maximum absolute atomic E-state index is 13.0. The zero-order chi connectivity index (χ0) is 36.4. The van der Waals surface area contributed by atoms with E-state index >= 15 is 0 Å². The molecule has 0 saturated carbocycles. The molecule has 3 rings (SSSR count). The lowest BCUT2D eigenvalue weighted by Crippen LogP contribution is -2.49. The zero-order valence-electron chi connectivity index (χ0n) is 27.8. The minimum absolute atomic E-state index is 0.0141. The molecule has 0 unspecified atom stereocenters. The molecule has 0 radical (unpaired) electrons. The van der Waals surface area contributed by atoms with Crippen molar-refractivity contribution in [1.29, 1.82) is 0 Å².